The molecule has 11 heteroatoms. The summed E-state index contributed by atoms with van der Waals surface area (Å²) in [6.45, 7) is 6.67. The van der Waals surface area contributed by atoms with E-state index < -0.39 is 17.2 Å². The second-order valence-electron chi connectivity index (χ2n) is 10.5. The molecule has 2 atom stereocenters. The Morgan fingerprint density at radius 3 is 2.67 bits per heavy atom. The largest absolute Gasteiger partial charge is 0.481 e. The van der Waals surface area contributed by atoms with E-state index in [9.17, 15) is 14.3 Å². The molecule has 1 saturated heterocycles. The van der Waals surface area contributed by atoms with Crippen LogP contribution in [0.2, 0.25) is 5.02 Å². The van der Waals surface area contributed by atoms with E-state index in [1.165, 1.54) is 6.07 Å². The van der Waals surface area contributed by atoms with E-state index in [0.29, 0.717) is 54.6 Å². The number of aromatic nitrogens is 5. The standard InChI is InChI=1S/C29H31ClFN7O2/c1-17-12-25(37-36-17)35-24-13-21(27-32-9-5-10-33-27)19(3)23(34-24)15-29(28(39)40)8-11-38(18(2)14-29)16-20-6-4-7-22(30)26(20)31/h4-7,9-10,12-13,18H,8,11,14-16H2,1-3H3,(H,39,40)(H2,34,35,36,37)/t18-,29-/m1/s1. The molecular formula is C29H31ClFN7O2. The lowest BCUT2D eigenvalue weighted by Gasteiger charge is -2.43. The van der Waals surface area contributed by atoms with Gasteiger partial charge in [-0.05, 0) is 63.9 Å². The number of H-pyrrole nitrogens is 1. The van der Waals surface area contributed by atoms with Crippen LogP contribution in [0.5, 0.6) is 0 Å². The SMILES string of the molecule is Cc1cc(Nc2cc(-c3ncccn3)c(C)c(C[C@@]3(C(=O)O)CCN(Cc4cccc(Cl)c4F)[C@H](C)C3)n2)n[nH]1. The van der Waals surface area contributed by atoms with Crippen molar-refractivity contribution in [3.8, 4) is 11.4 Å². The molecule has 0 amide bonds. The quantitative estimate of drug-likeness (QED) is 0.249. The van der Waals surface area contributed by atoms with Gasteiger partial charge in [0.25, 0.3) is 0 Å². The van der Waals surface area contributed by atoms with Crippen molar-refractivity contribution in [2.45, 2.75) is 52.6 Å². The zero-order valence-corrected chi connectivity index (χ0v) is 23.3. The van der Waals surface area contributed by atoms with Crippen molar-refractivity contribution < 1.29 is 14.3 Å². The number of piperidine rings is 1. The number of rotatable bonds is 8. The maximum Gasteiger partial charge on any atom is 0.310 e. The highest BCUT2D eigenvalue weighted by atomic mass is 35.5. The van der Waals surface area contributed by atoms with Crippen LogP contribution in [0.3, 0.4) is 0 Å². The predicted octanol–water partition coefficient (Wildman–Crippen LogP) is 5.71. The molecule has 1 aromatic carbocycles. The summed E-state index contributed by atoms with van der Waals surface area (Å²) < 4.78 is 14.6. The number of carboxylic acid groups (broad SMARTS) is 1. The topological polar surface area (TPSA) is 120 Å². The first-order chi connectivity index (χ1) is 19.1. The number of likely N-dealkylation sites (tertiary alicyclic amines) is 1. The minimum atomic E-state index is -1.04. The van der Waals surface area contributed by atoms with Crippen molar-refractivity contribution in [1.82, 2.24) is 30.0 Å². The van der Waals surface area contributed by atoms with Crippen LogP contribution in [0.4, 0.5) is 16.0 Å². The summed E-state index contributed by atoms with van der Waals surface area (Å²) in [6, 6.07) is 10.3. The Bertz CT molecular complexity index is 1530. The molecule has 3 aromatic heterocycles. The monoisotopic (exact) mass is 563 g/mol. The Balaban J connectivity index is 1.46. The fraction of sp³-hybridized carbons (Fsp3) is 0.345. The Kier molecular flexibility index (Phi) is 7.82. The normalized spacial score (nSPS) is 19.5. The van der Waals surface area contributed by atoms with Crippen molar-refractivity contribution in [3.05, 3.63) is 82.1 Å². The van der Waals surface area contributed by atoms with Gasteiger partial charge < -0.3 is 10.4 Å². The molecule has 208 valence electrons. The summed E-state index contributed by atoms with van der Waals surface area (Å²) in [5.74, 6) is 0.354. The van der Waals surface area contributed by atoms with Gasteiger partial charge in [-0.25, -0.2) is 19.3 Å². The van der Waals surface area contributed by atoms with Crippen molar-refractivity contribution >= 4 is 29.2 Å². The maximum atomic E-state index is 14.6. The van der Waals surface area contributed by atoms with Crippen LogP contribution in [0.1, 0.15) is 42.3 Å². The molecule has 4 heterocycles. The van der Waals surface area contributed by atoms with E-state index in [-0.39, 0.29) is 17.5 Å². The average molecular weight is 564 g/mol. The number of carbonyl (C=O) groups is 1. The number of aryl methyl sites for hydroxylation is 1. The second-order valence-corrected chi connectivity index (χ2v) is 10.9. The van der Waals surface area contributed by atoms with Crippen molar-refractivity contribution in [2.24, 2.45) is 5.41 Å². The van der Waals surface area contributed by atoms with Gasteiger partial charge in [-0.1, -0.05) is 23.7 Å². The molecule has 0 spiro atoms. The molecule has 1 aliphatic heterocycles. The molecule has 1 aliphatic rings. The molecule has 3 N–H and O–H groups in total. The Morgan fingerprint density at radius 2 is 2.00 bits per heavy atom. The minimum Gasteiger partial charge on any atom is -0.481 e. The second kappa shape index (κ2) is 11.3. The van der Waals surface area contributed by atoms with Crippen LogP contribution >= 0.6 is 11.6 Å². The van der Waals surface area contributed by atoms with Crippen LogP contribution in [-0.2, 0) is 17.8 Å². The number of aliphatic carboxylic acids is 1. The van der Waals surface area contributed by atoms with Gasteiger partial charge in [0.05, 0.1) is 10.4 Å². The fourth-order valence-electron chi connectivity index (χ4n) is 5.43. The highest BCUT2D eigenvalue weighted by molar-refractivity contribution is 6.30. The van der Waals surface area contributed by atoms with Crippen LogP contribution in [0, 0.1) is 25.1 Å². The van der Waals surface area contributed by atoms with E-state index in [2.05, 4.69) is 30.4 Å². The average Bonchev–Trinajstić information content (AvgIpc) is 3.34. The van der Waals surface area contributed by atoms with Crippen molar-refractivity contribution in [1.29, 1.82) is 0 Å². The zero-order valence-electron chi connectivity index (χ0n) is 22.6. The number of hydrogen-bond donors (Lipinski definition) is 3. The molecule has 5 rings (SSSR count). The minimum absolute atomic E-state index is 0.0836. The lowest BCUT2D eigenvalue weighted by molar-refractivity contribution is -0.153. The predicted molar refractivity (Wildman–Crippen MR) is 151 cm³/mol. The highest BCUT2D eigenvalue weighted by Gasteiger charge is 2.45. The summed E-state index contributed by atoms with van der Waals surface area (Å²) in [5, 5.41) is 21.0. The molecule has 9 nitrogen and oxygen atoms in total. The molecule has 0 aliphatic carbocycles. The van der Waals surface area contributed by atoms with Gasteiger partial charge in [-0.15, -0.1) is 0 Å². The van der Waals surface area contributed by atoms with Crippen molar-refractivity contribution in [2.75, 3.05) is 11.9 Å². The fourth-order valence-corrected chi connectivity index (χ4v) is 5.63. The number of hydrogen-bond acceptors (Lipinski definition) is 7. The van der Waals surface area contributed by atoms with Crippen LogP contribution in [0.25, 0.3) is 11.4 Å². The molecule has 1 fully saturated rings. The molecule has 0 bridgehead atoms. The number of anilines is 2. The van der Waals surface area contributed by atoms with Gasteiger partial charge in [0.15, 0.2) is 11.6 Å². The first-order valence-corrected chi connectivity index (χ1v) is 13.5. The number of nitrogens with one attached hydrogen (secondary N) is 2. The van der Waals surface area contributed by atoms with Gasteiger partial charge in [0.1, 0.15) is 11.6 Å². The van der Waals surface area contributed by atoms with Crippen molar-refractivity contribution in [3.63, 3.8) is 0 Å². The van der Waals surface area contributed by atoms with Crippen LogP contribution < -0.4 is 5.32 Å². The van der Waals surface area contributed by atoms with Gasteiger partial charge in [0, 0.05) is 60.0 Å². The Morgan fingerprint density at radius 1 is 1.23 bits per heavy atom. The zero-order chi connectivity index (χ0) is 28.4. The van der Waals surface area contributed by atoms with Crippen LogP contribution in [-0.4, -0.2) is 53.7 Å². The first-order valence-electron chi connectivity index (χ1n) is 13.1. The summed E-state index contributed by atoms with van der Waals surface area (Å²) in [6.07, 6.45) is 4.35. The number of halogens is 2. The molecule has 40 heavy (non-hydrogen) atoms. The maximum absolute atomic E-state index is 14.6. The van der Waals surface area contributed by atoms with E-state index in [0.717, 1.165) is 16.8 Å². The highest BCUT2D eigenvalue weighted by Crippen LogP contribution is 2.41. The Labute approximate surface area is 236 Å². The summed E-state index contributed by atoms with van der Waals surface area (Å²) in [4.78, 5) is 28.7. The number of carboxylic acids is 1. The lowest BCUT2D eigenvalue weighted by Crippen LogP contribution is -2.50. The Hall–Kier alpha value is -3.89. The lowest BCUT2D eigenvalue weighted by atomic mass is 9.71. The third-order valence-electron chi connectivity index (χ3n) is 7.69. The van der Waals surface area contributed by atoms with Gasteiger partial charge in [0.2, 0.25) is 0 Å². The van der Waals surface area contributed by atoms with E-state index in [4.69, 9.17) is 16.6 Å². The smallest absolute Gasteiger partial charge is 0.310 e. The molecule has 0 unspecified atom stereocenters. The number of benzene rings is 1. The van der Waals surface area contributed by atoms with Gasteiger partial charge >= 0.3 is 5.97 Å². The summed E-state index contributed by atoms with van der Waals surface area (Å²) >= 11 is 5.98. The number of pyridine rings is 1. The third-order valence-corrected chi connectivity index (χ3v) is 7.99. The number of nitrogens with zero attached hydrogens (tertiary/aromatic N) is 5. The van der Waals surface area contributed by atoms with E-state index in [1.807, 2.05) is 32.9 Å². The number of aromatic amines is 1. The molecular weight excluding hydrogens is 533 g/mol. The third kappa shape index (κ3) is 5.68. The summed E-state index contributed by atoms with van der Waals surface area (Å²) in [5.41, 5.74) is 2.60. The molecule has 0 radical (unpaired) electrons. The van der Waals surface area contributed by atoms with Gasteiger partial charge in [-0.2, -0.15) is 5.10 Å². The summed E-state index contributed by atoms with van der Waals surface area (Å²) in [7, 11) is 0. The van der Waals surface area contributed by atoms with Gasteiger partial charge in [-0.3, -0.25) is 14.8 Å². The van der Waals surface area contributed by atoms with E-state index >= 15 is 0 Å². The first kappa shape index (κ1) is 27.7. The van der Waals surface area contributed by atoms with Crippen LogP contribution in [0.15, 0.2) is 48.8 Å². The molecule has 4 aromatic rings. The molecule has 0 saturated carbocycles. The van der Waals surface area contributed by atoms with E-state index in [1.54, 1.807) is 30.6 Å².